The van der Waals surface area contributed by atoms with Crippen molar-refractivity contribution in [2.24, 2.45) is 0 Å². The zero-order valence-corrected chi connectivity index (χ0v) is 9.05. The van der Waals surface area contributed by atoms with Crippen LogP contribution < -0.4 is 0 Å². The Hall–Kier alpha value is -1.17. The number of imidazole rings is 1. The zero-order chi connectivity index (χ0) is 11.0. The van der Waals surface area contributed by atoms with Crippen LogP contribution in [0.4, 0.5) is 8.78 Å². The monoisotopic (exact) mass is 276 g/mol. The smallest absolute Gasteiger partial charge is 0.267 e. The molecular formula is C9H7BrF2N2O. The summed E-state index contributed by atoms with van der Waals surface area (Å²) in [5.41, 5.74) is 0.594. The lowest BCUT2D eigenvalue weighted by Gasteiger charge is -2.02. The minimum absolute atomic E-state index is 0.382. The van der Waals surface area contributed by atoms with Crippen molar-refractivity contribution >= 4 is 27.0 Å². The average Bonchev–Trinajstić information content (AvgIpc) is 2.58. The standard InChI is InChI=1S/C9H7BrF2N2O/c10-3-8-13-5-1-4(9(11)12)7(15)2-6(5)14-8/h1-2,9,15H,3H2,(H,13,14). The second-order valence-corrected chi connectivity index (χ2v) is 3.61. The van der Waals surface area contributed by atoms with Gasteiger partial charge in [0.25, 0.3) is 6.43 Å². The first-order chi connectivity index (χ1) is 7.11. The topological polar surface area (TPSA) is 48.9 Å². The van der Waals surface area contributed by atoms with Crippen molar-refractivity contribution in [2.45, 2.75) is 11.8 Å². The highest BCUT2D eigenvalue weighted by molar-refractivity contribution is 9.08. The molecule has 0 aliphatic rings. The molecule has 0 unspecified atom stereocenters. The fraction of sp³-hybridized carbons (Fsp3) is 0.222. The second-order valence-electron chi connectivity index (χ2n) is 3.05. The third-order valence-electron chi connectivity index (χ3n) is 2.04. The Bertz CT molecular complexity index is 498. The fourth-order valence-electron chi connectivity index (χ4n) is 1.35. The van der Waals surface area contributed by atoms with Crippen LogP contribution in [0.2, 0.25) is 0 Å². The number of hydrogen-bond donors (Lipinski definition) is 2. The van der Waals surface area contributed by atoms with Crippen LogP contribution >= 0.6 is 15.9 Å². The second kappa shape index (κ2) is 3.77. The molecule has 0 fully saturated rings. The Balaban J connectivity index is 2.63. The Morgan fingerprint density at radius 1 is 1.47 bits per heavy atom. The molecule has 0 spiro atoms. The highest BCUT2D eigenvalue weighted by atomic mass is 79.9. The summed E-state index contributed by atoms with van der Waals surface area (Å²) in [6, 6.07) is 2.45. The lowest BCUT2D eigenvalue weighted by Crippen LogP contribution is -1.85. The quantitative estimate of drug-likeness (QED) is 0.828. The highest BCUT2D eigenvalue weighted by Gasteiger charge is 2.15. The van der Waals surface area contributed by atoms with Gasteiger partial charge in [-0.1, -0.05) is 15.9 Å². The molecule has 6 heteroatoms. The number of benzene rings is 1. The molecular weight excluding hydrogens is 270 g/mol. The summed E-state index contributed by atoms with van der Waals surface area (Å²) in [4.78, 5) is 6.95. The number of fused-ring (bicyclic) bond motifs is 1. The van der Waals surface area contributed by atoms with Crippen molar-refractivity contribution in [1.29, 1.82) is 0 Å². The van der Waals surface area contributed by atoms with Gasteiger partial charge in [-0.25, -0.2) is 13.8 Å². The molecule has 0 amide bonds. The summed E-state index contributed by atoms with van der Waals surface area (Å²) >= 11 is 3.20. The summed E-state index contributed by atoms with van der Waals surface area (Å²) in [7, 11) is 0. The first-order valence-corrected chi connectivity index (χ1v) is 5.29. The Kier molecular flexibility index (Phi) is 2.60. The van der Waals surface area contributed by atoms with E-state index in [2.05, 4.69) is 25.9 Å². The van der Waals surface area contributed by atoms with Crippen LogP contribution in [0.5, 0.6) is 5.75 Å². The van der Waals surface area contributed by atoms with E-state index in [-0.39, 0.29) is 5.56 Å². The number of halogens is 3. The molecule has 1 aromatic heterocycles. The minimum atomic E-state index is -2.69. The van der Waals surface area contributed by atoms with Crippen molar-refractivity contribution in [2.75, 3.05) is 0 Å². The van der Waals surface area contributed by atoms with Crippen LogP contribution in [0.25, 0.3) is 11.0 Å². The first-order valence-electron chi connectivity index (χ1n) is 4.17. The van der Waals surface area contributed by atoms with Crippen LogP contribution in [0.3, 0.4) is 0 Å². The Labute approximate surface area is 92.3 Å². The van der Waals surface area contributed by atoms with Crippen molar-refractivity contribution in [3.8, 4) is 5.75 Å². The highest BCUT2D eigenvalue weighted by Crippen LogP contribution is 2.31. The van der Waals surface area contributed by atoms with Gasteiger partial charge in [0.05, 0.1) is 21.9 Å². The van der Waals surface area contributed by atoms with Crippen LogP contribution in [0, 0.1) is 0 Å². The molecule has 0 aliphatic heterocycles. The molecule has 2 N–H and O–H groups in total. The van der Waals surface area contributed by atoms with E-state index < -0.39 is 12.2 Å². The van der Waals surface area contributed by atoms with Gasteiger partial charge in [0.1, 0.15) is 11.6 Å². The van der Waals surface area contributed by atoms with E-state index in [1.165, 1.54) is 12.1 Å². The molecule has 15 heavy (non-hydrogen) atoms. The number of aromatic amines is 1. The maximum Gasteiger partial charge on any atom is 0.267 e. The largest absolute Gasteiger partial charge is 0.507 e. The molecule has 0 atom stereocenters. The van der Waals surface area contributed by atoms with Gasteiger partial charge in [-0.15, -0.1) is 0 Å². The number of phenolic OH excluding ortho intramolecular Hbond substituents is 1. The number of aromatic nitrogens is 2. The van der Waals surface area contributed by atoms with Crippen molar-refractivity contribution in [1.82, 2.24) is 9.97 Å². The van der Waals surface area contributed by atoms with Crippen LogP contribution in [0.15, 0.2) is 12.1 Å². The van der Waals surface area contributed by atoms with Gasteiger partial charge in [-0.3, -0.25) is 0 Å². The fourth-order valence-corrected chi connectivity index (χ4v) is 1.62. The number of rotatable bonds is 2. The normalized spacial score (nSPS) is 11.5. The van der Waals surface area contributed by atoms with E-state index in [0.29, 0.717) is 22.2 Å². The molecule has 1 aromatic carbocycles. The first kappa shape index (κ1) is 10.4. The molecule has 0 bridgehead atoms. The maximum atomic E-state index is 12.4. The van der Waals surface area contributed by atoms with Gasteiger partial charge >= 0.3 is 0 Å². The third-order valence-corrected chi connectivity index (χ3v) is 2.57. The number of phenols is 1. The summed E-state index contributed by atoms with van der Waals surface area (Å²) < 4.78 is 24.9. The number of H-pyrrole nitrogens is 1. The summed E-state index contributed by atoms with van der Waals surface area (Å²) in [6.07, 6.45) is -2.69. The van der Waals surface area contributed by atoms with Crippen molar-refractivity contribution in [3.63, 3.8) is 0 Å². The lowest BCUT2D eigenvalue weighted by molar-refractivity contribution is 0.147. The van der Waals surface area contributed by atoms with Crippen LogP contribution in [0.1, 0.15) is 17.8 Å². The van der Waals surface area contributed by atoms with Gasteiger partial charge in [0.15, 0.2) is 0 Å². The molecule has 2 aromatic rings. The van der Waals surface area contributed by atoms with E-state index in [1.807, 2.05) is 0 Å². The molecule has 1 heterocycles. The van der Waals surface area contributed by atoms with E-state index in [1.54, 1.807) is 0 Å². The molecule has 0 saturated carbocycles. The van der Waals surface area contributed by atoms with E-state index in [0.717, 1.165) is 0 Å². The van der Waals surface area contributed by atoms with Gasteiger partial charge < -0.3 is 10.1 Å². The predicted molar refractivity (Wildman–Crippen MR) is 55.3 cm³/mol. The zero-order valence-electron chi connectivity index (χ0n) is 7.47. The maximum absolute atomic E-state index is 12.4. The van der Waals surface area contributed by atoms with E-state index in [9.17, 15) is 13.9 Å². The number of nitrogens with zero attached hydrogens (tertiary/aromatic N) is 1. The Morgan fingerprint density at radius 2 is 2.20 bits per heavy atom. The van der Waals surface area contributed by atoms with Crippen LogP contribution in [-0.2, 0) is 5.33 Å². The summed E-state index contributed by atoms with van der Waals surface area (Å²) in [5.74, 6) is 0.209. The molecule has 3 nitrogen and oxygen atoms in total. The molecule has 2 rings (SSSR count). The molecule has 80 valence electrons. The third kappa shape index (κ3) is 1.81. The number of hydrogen-bond acceptors (Lipinski definition) is 2. The van der Waals surface area contributed by atoms with Gasteiger partial charge in [-0.05, 0) is 6.07 Å². The Morgan fingerprint density at radius 3 is 2.80 bits per heavy atom. The van der Waals surface area contributed by atoms with E-state index in [4.69, 9.17) is 0 Å². The lowest BCUT2D eigenvalue weighted by atomic mass is 10.2. The molecule has 0 aliphatic carbocycles. The number of alkyl halides is 3. The summed E-state index contributed by atoms with van der Waals surface area (Å²) in [5, 5.41) is 9.82. The van der Waals surface area contributed by atoms with Gasteiger partial charge in [0.2, 0.25) is 0 Å². The molecule has 0 radical (unpaired) electrons. The summed E-state index contributed by atoms with van der Waals surface area (Å²) in [6.45, 7) is 0. The van der Waals surface area contributed by atoms with Gasteiger partial charge in [0, 0.05) is 6.07 Å². The van der Waals surface area contributed by atoms with Crippen molar-refractivity contribution in [3.05, 3.63) is 23.5 Å². The van der Waals surface area contributed by atoms with Crippen molar-refractivity contribution < 1.29 is 13.9 Å². The number of aromatic hydroxyl groups is 1. The predicted octanol–water partition coefficient (Wildman–Crippen LogP) is 3.10. The number of nitrogens with one attached hydrogen (secondary N) is 1. The average molecular weight is 277 g/mol. The SMILES string of the molecule is Oc1cc2nc(CBr)[nH]c2cc1C(F)F. The van der Waals surface area contributed by atoms with Crippen LogP contribution in [-0.4, -0.2) is 15.1 Å². The van der Waals surface area contributed by atoms with Gasteiger partial charge in [-0.2, -0.15) is 0 Å². The minimum Gasteiger partial charge on any atom is -0.507 e. The molecule has 0 saturated heterocycles. The van der Waals surface area contributed by atoms with E-state index >= 15 is 0 Å².